The molecule has 0 amide bonds. The normalized spacial score (nSPS) is 11.5. The summed E-state index contributed by atoms with van der Waals surface area (Å²) in [6.45, 7) is 1.90. The number of aryl methyl sites for hydroxylation is 2. The molecule has 0 aliphatic heterocycles. The number of rotatable bonds is 9. The Bertz CT molecular complexity index is 1810. The number of aromatic carboxylic acids is 1. The van der Waals surface area contributed by atoms with Crippen molar-refractivity contribution in [2.24, 2.45) is 0 Å². The van der Waals surface area contributed by atoms with Gasteiger partial charge in [-0.25, -0.2) is 19.3 Å². The standard InChI is InChI=1S/C27H24N8O3/c36-26(37)20-8-5-7-19(15-20)16-34-23-11-3-4-12-24(23)35(27(34)38)17-25-29-21-9-1-2-10-22(21)33(25)14-6-13-32-18-28-30-31-32/h1-5,7-12,15,18H,6,13-14,16-17H2,(H,36,37). The van der Waals surface area contributed by atoms with E-state index in [0.29, 0.717) is 19.6 Å². The van der Waals surface area contributed by atoms with Crippen molar-refractivity contribution in [2.75, 3.05) is 0 Å². The van der Waals surface area contributed by atoms with Crippen molar-refractivity contribution >= 4 is 28.0 Å². The first-order valence-electron chi connectivity index (χ1n) is 12.2. The van der Waals surface area contributed by atoms with Gasteiger partial charge in [0.1, 0.15) is 12.2 Å². The molecule has 0 saturated carbocycles. The number of para-hydroxylation sites is 4. The minimum Gasteiger partial charge on any atom is -0.478 e. The van der Waals surface area contributed by atoms with Gasteiger partial charge in [0.05, 0.1) is 40.7 Å². The molecule has 0 fully saturated rings. The Hall–Kier alpha value is -5.06. The van der Waals surface area contributed by atoms with Gasteiger partial charge in [-0.15, -0.1) is 5.10 Å². The second-order valence-electron chi connectivity index (χ2n) is 9.04. The maximum absolute atomic E-state index is 13.8. The smallest absolute Gasteiger partial charge is 0.335 e. The van der Waals surface area contributed by atoms with Gasteiger partial charge in [0.25, 0.3) is 0 Å². The van der Waals surface area contributed by atoms with Crippen molar-refractivity contribution in [3.05, 3.63) is 107 Å². The van der Waals surface area contributed by atoms with E-state index >= 15 is 0 Å². The molecule has 0 spiro atoms. The molecule has 0 atom stereocenters. The van der Waals surface area contributed by atoms with E-state index in [9.17, 15) is 14.7 Å². The molecule has 11 heteroatoms. The SMILES string of the molecule is O=C(O)c1cccc(Cn2c(=O)n(Cc3nc4ccccc4n3CCCn3cnnn3)c3ccccc32)c1. The third kappa shape index (κ3) is 4.34. The minimum absolute atomic E-state index is 0.181. The van der Waals surface area contributed by atoms with Crippen molar-refractivity contribution in [3.8, 4) is 0 Å². The number of nitrogens with zero attached hydrogens (tertiary/aromatic N) is 8. The van der Waals surface area contributed by atoms with E-state index in [0.717, 1.165) is 39.9 Å². The van der Waals surface area contributed by atoms with E-state index in [2.05, 4.69) is 20.1 Å². The number of carboxylic acid groups (broad SMARTS) is 1. The summed E-state index contributed by atoms with van der Waals surface area (Å²) in [5.74, 6) is -0.221. The number of aromatic nitrogens is 8. The van der Waals surface area contributed by atoms with Crippen molar-refractivity contribution in [2.45, 2.75) is 32.6 Å². The quantitative estimate of drug-likeness (QED) is 0.318. The number of fused-ring (bicyclic) bond motifs is 2. The van der Waals surface area contributed by atoms with Crippen LogP contribution in [0.1, 0.15) is 28.2 Å². The lowest BCUT2D eigenvalue weighted by Gasteiger charge is -2.10. The Morgan fingerprint density at radius 2 is 1.55 bits per heavy atom. The average molecular weight is 509 g/mol. The van der Waals surface area contributed by atoms with Crippen LogP contribution >= 0.6 is 0 Å². The van der Waals surface area contributed by atoms with Crippen LogP contribution in [-0.2, 0) is 26.2 Å². The molecule has 6 rings (SSSR count). The molecule has 38 heavy (non-hydrogen) atoms. The summed E-state index contributed by atoms with van der Waals surface area (Å²) in [5.41, 5.74) is 4.19. The summed E-state index contributed by atoms with van der Waals surface area (Å²) in [7, 11) is 0. The second kappa shape index (κ2) is 9.77. The highest BCUT2D eigenvalue weighted by Gasteiger charge is 2.18. The zero-order valence-corrected chi connectivity index (χ0v) is 20.4. The Balaban J connectivity index is 1.38. The molecule has 11 nitrogen and oxygen atoms in total. The van der Waals surface area contributed by atoms with E-state index in [1.807, 2.05) is 54.6 Å². The molecular weight excluding hydrogens is 484 g/mol. The fraction of sp³-hybridized carbons (Fsp3) is 0.185. The highest BCUT2D eigenvalue weighted by Crippen LogP contribution is 2.20. The van der Waals surface area contributed by atoms with Crippen molar-refractivity contribution in [1.29, 1.82) is 0 Å². The Morgan fingerprint density at radius 1 is 0.816 bits per heavy atom. The van der Waals surface area contributed by atoms with E-state index in [4.69, 9.17) is 4.98 Å². The van der Waals surface area contributed by atoms with Crippen LogP contribution in [-0.4, -0.2) is 50.0 Å². The highest BCUT2D eigenvalue weighted by molar-refractivity contribution is 5.87. The molecule has 3 heterocycles. The van der Waals surface area contributed by atoms with Crippen LogP contribution in [0.15, 0.2) is 83.9 Å². The summed E-state index contributed by atoms with van der Waals surface area (Å²) >= 11 is 0. The van der Waals surface area contributed by atoms with E-state index in [-0.39, 0.29) is 17.8 Å². The summed E-state index contributed by atoms with van der Waals surface area (Å²) in [5, 5.41) is 20.7. The predicted molar refractivity (Wildman–Crippen MR) is 140 cm³/mol. The first-order chi connectivity index (χ1) is 18.6. The van der Waals surface area contributed by atoms with E-state index < -0.39 is 5.97 Å². The summed E-state index contributed by atoms with van der Waals surface area (Å²) < 4.78 is 7.25. The third-order valence-electron chi connectivity index (χ3n) is 6.63. The van der Waals surface area contributed by atoms with Crippen LogP contribution in [0, 0.1) is 0 Å². The van der Waals surface area contributed by atoms with Gasteiger partial charge in [0.15, 0.2) is 0 Å². The van der Waals surface area contributed by atoms with Crippen molar-refractivity contribution in [1.82, 2.24) is 38.9 Å². The lowest BCUT2D eigenvalue weighted by Crippen LogP contribution is -2.26. The number of tetrazole rings is 1. The Kier molecular flexibility index (Phi) is 6.00. The number of hydrogen-bond donors (Lipinski definition) is 1. The molecule has 0 saturated heterocycles. The molecule has 190 valence electrons. The number of benzene rings is 3. The molecule has 0 radical (unpaired) electrons. The molecule has 1 N–H and O–H groups in total. The lowest BCUT2D eigenvalue weighted by molar-refractivity contribution is 0.0696. The van der Waals surface area contributed by atoms with Crippen molar-refractivity contribution in [3.63, 3.8) is 0 Å². The first kappa shape index (κ1) is 23.3. The molecule has 0 unspecified atom stereocenters. The van der Waals surface area contributed by atoms with Crippen LogP contribution < -0.4 is 5.69 Å². The topological polar surface area (TPSA) is 126 Å². The highest BCUT2D eigenvalue weighted by atomic mass is 16.4. The molecule has 3 aromatic carbocycles. The molecule has 6 aromatic rings. The van der Waals surface area contributed by atoms with Gasteiger partial charge in [0, 0.05) is 13.1 Å². The van der Waals surface area contributed by atoms with Crippen LogP contribution in [0.3, 0.4) is 0 Å². The second-order valence-corrected chi connectivity index (χ2v) is 9.04. The Morgan fingerprint density at radius 3 is 2.29 bits per heavy atom. The monoisotopic (exact) mass is 508 g/mol. The molecule has 0 bridgehead atoms. The van der Waals surface area contributed by atoms with Gasteiger partial charge in [0.2, 0.25) is 0 Å². The molecule has 3 aromatic heterocycles. The maximum atomic E-state index is 13.8. The zero-order valence-electron chi connectivity index (χ0n) is 20.4. The molecular formula is C27H24N8O3. The average Bonchev–Trinajstić information content (AvgIpc) is 3.64. The van der Waals surface area contributed by atoms with Gasteiger partial charge in [-0.3, -0.25) is 9.13 Å². The zero-order chi connectivity index (χ0) is 26.1. The molecule has 0 aliphatic carbocycles. The number of carbonyl (C=O) groups is 1. The third-order valence-corrected chi connectivity index (χ3v) is 6.63. The van der Waals surface area contributed by atoms with Crippen LogP contribution in [0.25, 0.3) is 22.1 Å². The van der Waals surface area contributed by atoms with Crippen LogP contribution in [0.5, 0.6) is 0 Å². The summed E-state index contributed by atoms with van der Waals surface area (Å²) in [6.07, 6.45) is 2.38. The molecule has 0 aliphatic rings. The summed E-state index contributed by atoms with van der Waals surface area (Å²) in [4.78, 5) is 30.1. The summed E-state index contributed by atoms with van der Waals surface area (Å²) in [6, 6.07) is 22.2. The number of hydrogen-bond acceptors (Lipinski definition) is 6. The Labute approximate surface area is 216 Å². The first-order valence-corrected chi connectivity index (χ1v) is 12.2. The van der Waals surface area contributed by atoms with Gasteiger partial charge in [-0.2, -0.15) is 0 Å². The minimum atomic E-state index is -0.999. The van der Waals surface area contributed by atoms with Gasteiger partial charge in [-0.1, -0.05) is 36.4 Å². The van der Waals surface area contributed by atoms with Crippen molar-refractivity contribution < 1.29 is 9.90 Å². The van der Waals surface area contributed by atoms with Gasteiger partial charge in [-0.05, 0) is 58.8 Å². The largest absolute Gasteiger partial charge is 0.478 e. The fourth-order valence-corrected chi connectivity index (χ4v) is 4.87. The fourth-order valence-electron chi connectivity index (χ4n) is 4.87. The van der Waals surface area contributed by atoms with E-state index in [1.54, 1.807) is 38.3 Å². The lowest BCUT2D eigenvalue weighted by atomic mass is 10.1. The maximum Gasteiger partial charge on any atom is 0.335 e. The number of carboxylic acids is 1. The van der Waals surface area contributed by atoms with Gasteiger partial charge >= 0.3 is 11.7 Å². The number of imidazole rings is 2. The van der Waals surface area contributed by atoms with Crippen LogP contribution in [0.2, 0.25) is 0 Å². The van der Waals surface area contributed by atoms with Crippen LogP contribution in [0.4, 0.5) is 0 Å². The van der Waals surface area contributed by atoms with Gasteiger partial charge < -0.3 is 9.67 Å². The van der Waals surface area contributed by atoms with E-state index in [1.165, 1.54) is 0 Å². The predicted octanol–water partition coefficient (Wildman–Crippen LogP) is 3.02.